The fourth-order valence-corrected chi connectivity index (χ4v) is 2.81. The lowest BCUT2D eigenvalue weighted by Crippen LogP contribution is -2.45. The number of hydrogen-bond acceptors (Lipinski definition) is 4. The maximum Gasteiger partial charge on any atom is 0.498 e. The second-order valence-electron chi connectivity index (χ2n) is 6.94. The lowest BCUT2D eigenvalue weighted by molar-refractivity contribution is -0.0239. The molecule has 6 heteroatoms. The number of rotatable bonds is 6. The first-order chi connectivity index (χ1) is 9.77. The predicted octanol–water partition coefficient (Wildman–Crippen LogP) is 1.85. The van der Waals surface area contributed by atoms with Gasteiger partial charge in [0.05, 0.1) is 24.4 Å². The Kier molecular flexibility index (Phi) is 4.80. The highest BCUT2D eigenvalue weighted by molar-refractivity contribution is 6.62. The van der Waals surface area contributed by atoms with E-state index >= 15 is 0 Å². The van der Waals surface area contributed by atoms with Crippen LogP contribution in [0.4, 0.5) is 0 Å². The van der Waals surface area contributed by atoms with Gasteiger partial charge in [-0.1, -0.05) is 13.8 Å². The first-order valence-electron chi connectivity index (χ1n) is 7.64. The Morgan fingerprint density at radius 3 is 2.67 bits per heavy atom. The van der Waals surface area contributed by atoms with Gasteiger partial charge >= 0.3 is 7.12 Å². The summed E-state index contributed by atoms with van der Waals surface area (Å²) >= 11 is 0. The van der Waals surface area contributed by atoms with Gasteiger partial charge in [-0.3, -0.25) is 4.68 Å². The van der Waals surface area contributed by atoms with Crippen molar-refractivity contribution in [2.45, 2.75) is 58.8 Å². The molecule has 1 aromatic rings. The molecule has 5 nitrogen and oxygen atoms in total. The molecule has 0 bridgehead atoms. The minimum absolute atomic E-state index is 0.291. The van der Waals surface area contributed by atoms with Crippen LogP contribution in [0.3, 0.4) is 0 Å². The Balaban J connectivity index is 2.10. The van der Waals surface area contributed by atoms with Gasteiger partial charge < -0.3 is 14.0 Å². The van der Waals surface area contributed by atoms with Crippen molar-refractivity contribution in [1.29, 1.82) is 0 Å². The molecule has 1 aliphatic rings. The van der Waals surface area contributed by atoms with E-state index < -0.39 is 0 Å². The van der Waals surface area contributed by atoms with Crippen molar-refractivity contribution in [3.05, 3.63) is 12.4 Å². The third-order valence-corrected chi connectivity index (χ3v) is 4.29. The molecule has 21 heavy (non-hydrogen) atoms. The van der Waals surface area contributed by atoms with E-state index in [1.165, 1.54) is 0 Å². The van der Waals surface area contributed by atoms with Gasteiger partial charge in [0.1, 0.15) is 0 Å². The molecular formula is C15H27BN2O3. The highest BCUT2D eigenvalue weighted by Gasteiger charge is 2.54. The fraction of sp³-hybridized carbons (Fsp3) is 0.800. The second-order valence-corrected chi connectivity index (χ2v) is 6.94. The quantitative estimate of drug-likeness (QED) is 0.751. The van der Waals surface area contributed by atoms with Gasteiger partial charge in [-0.2, -0.15) is 5.10 Å². The van der Waals surface area contributed by atoms with Crippen LogP contribution in [0.2, 0.25) is 0 Å². The van der Waals surface area contributed by atoms with E-state index in [4.69, 9.17) is 14.0 Å². The standard InChI is InChI=1S/C15H27BN2O3/c1-12(2)9-15(5)14(3,4)20-16(21-15)13-10-17-18(11-13)7-8-19-6/h10-12H,7-9H2,1-6H3. The monoisotopic (exact) mass is 294 g/mol. The second kappa shape index (κ2) is 6.11. The zero-order valence-electron chi connectivity index (χ0n) is 14.0. The van der Waals surface area contributed by atoms with Crippen LogP contribution in [0.15, 0.2) is 12.4 Å². The van der Waals surface area contributed by atoms with Crippen LogP contribution >= 0.6 is 0 Å². The van der Waals surface area contributed by atoms with Crippen molar-refractivity contribution < 1.29 is 14.0 Å². The zero-order chi connectivity index (χ0) is 15.7. The average Bonchev–Trinajstić information content (AvgIpc) is 2.90. The van der Waals surface area contributed by atoms with Gasteiger partial charge in [-0.05, 0) is 33.1 Å². The SMILES string of the molecule is COCCn1cc(B2OC(C)(C)C(C)(CC(C)C)O2)cn1. The molecule has 1 atom stereocenters. The summed E-state index contributed by atoms with van der Waals surface area (Å²) < 4.78 is 19.4. The summed E-state index contributed by atoms with van der Waals surface area (Å²) in [7, 11) is 1.34. The van der Waals surface area contributed by atoms with E-state index in [1.807, 2.05) is 17.1 Å². The molecule has 1 aromatic heterocycles. The molecule has 0 saturated carbocycles. The number of aromatic nitrogens is 2. The Morgan fingerprint density at radius 2 is 2.05 bits per heavy atom. The summed E-state index contributed by atoms with van der Waals surface area (Å²) in [5.41, 5.74) is 0.350. The maximum atomic E-state index is 6.27. The molecule has 118 valence electrons. The Bertz CT molecular complexity index is 475. The minimum Gasteiger partial charge on any atom is -0.399 e. The molecule has 0 aromatic carbocycles. The van der Waals surface area contributed by atoms with Crippen LogP contribution in [0.25, 0.3) is 0 Å². The van der Waals surface area contributed by atoms with E-state index in [1.54, 1.807) is 7.11 Å². The van der Waals surface area contributed by atoms with E-state index in [2.05, 4.69) is 39.7 Å². The molecule has 1 aliphatic heterocycles. The number of methoxy groups -OCH3 is 1. The van der Waals surface area contributed by atoms with E-state index in [-0.39, 0.29) is 18.3 Å². The number of hydrogen-bond donors (Lipinski definition) is 0. The summed E-state index contributed by atoms with van der Waals surface area (Å²) in [6, 6.07) is 0. The lowest BCUT2D eigenvalue weighted by atomic mass is 9.81. The summed E-state index contributed by atoms with van der Waals surface area (Å²) in [5.74, 6) is 0.557. The van der Waals surface area contributed by atoms with Gasteiger partial charge in [-0.25, -0.2) is 0 Å². The molecular weight excluding hydrogens is 267 g/mol. The summed E-state index contributed by atoms with van der Waals surface area (Å²) in [4.78, 5) is 0. The zero-order valence-corrected chi connectivity index (χ0v) is 14.0. The van der Waals surface area contributed by atoms with E-state index in [0.29, 0.717) is 12.5 Å². The molecule has 1 fully saturated rings. The van der Waals surface area contributed by atoms with Crippen LogP contribution < -0.4 is 5.46 Å². The molecule has 1 unspecified atom stereocenters. The lowest BCUT2D eigenvalue weighted by Gasteiger charge is -2.37. The van der Waals surface area contributed by atoms with Crippen molar-refractivity contribution in [1.82, 2.24) is 9.78 Å². The van der Waals surface area contributed by atoms with Crippen LogP contribution in [0, 0.1) is 5.92 Å². The van der Waals surface area contributed by atoms with E-state index in [0.717, 1.165) is 18.4 Å². The van der Waals surface area contributed by atoms with Crippen molar-refractivity contribution in [3.63, 3.8) is 0 Å². The minimum atomic E-state index is -0.347. The van der Waals surface area contributed by atoms with Crippen LogP contribution in [-0.2, 0) is 20.6 Å². The fourth-order valence-electron chi connectivity index (χ4n) is 2.81. The molecule has 0 spiro atoms. The van der Waals surface area contributed by atoms with Crippen molar-refractivity contribution in [2.24, 2.45) is 5.92 Å². The Labute approximate surface area is 128 Å². The molecule has 2 heterocycles. The van der Waals surface area contributed by atoms with Gasteiger partial charge in [0.15, 0.2) is 0 Å². The normalized spacial score (nSPS) is 25.0. The van der Waals surface area contributed by atoms with Crippen molar-refractivity contribution in [3.8, 4) is 0 Å². The molecule has 0 N–H and O–H groups in total. The van der Waals surface area contributed by atoms with Crippen LogP contribution in [-0.4, -0.2) is 41.8 Å². The van der Waals surface area contributed by atoms with Crippen molar-refractivity contribution in [2.75, 3.05) is 13.7 Å². The average molecular weight is 294 g/mol. The third-order valence-electron chi connectivity index (χ3n) is 4.29. The molecule has 1 saturated heterocycles. The maximum absolute atomic E-state index is 6.27. The van der Waals surface area contributed by atoms with Crippen molar-refractivity contribution >= 4 is 12.6 Å². The van der Waals surface area contributed by atoms with E-state index in [9.17, 15) is 0 Å². The highest BCUT2D eigenvalue weighted by atomic mass is 16.7. The summed E-state index contributed by atoms with van der Waals surface area (Å²) in [5, 5.41) is 4.33. The third kappa shape index (κ3) is 3.50. The smallest absolute Gasteiger partial charge is 0.399 e. The van der Waals surface area contributed by atoms with Gasteiger partial charge in [0.25, 0.3) is 0 Å². The first kappa shape index (κ1) is 16.5. The Morgan fingerprint density at radius 1 is 1.33 bits per heavy atom. The number of ether oxygens (including phenoxy) is 1. The topological polar surface area (TPSA) is 45.5 Å². The first-order valence-corrected chi connectivity index (χ1v) is 7.64. The molecule has 0 aliphatic carbocycles. The van der Waals surface area contributed by atoms with Crippen LogP contribution in [0.5, 0.6) is 0 Å². The van der Waals surface area contributed by atoms with Gasteiger partial charge in [-0.15, -0.1) is 0 Å². The molecule has 2 rings (SSSR count). The largest absolute Gasteiger partial charge is 0.498 e. The van der Waals surface area contributed by atoms with Gasteiger partial charge in [0.2, 0.25) is 0 Å². The molecule has 0 amide bonds. The van der Waals surface area contributed by atoms with Crippen LogP contribution in [0.1, 0.15) is 41.0 Å². The Hall–Kier alpha value is -0.845. The molecule has 0 radical (unpaired) electrons. The van der Waals surface area contributed by atoms with Gasteiger partial charge in [0, 0.05) is 25.0 Å². The summed E-state index contributed by atoms with van der Waals surface area (Å²) in [6.45, 7) is 12.1. The highest BCUT2D eigenvalue weighted by Crippen LogP contribution is 2.41. The predicted molar refractivity (Wildman–Crippen MR) is 83.6 cm³/mol. The summed E-state index contributed by atoms with van der Waals surface area (Å²) in [6.07, 6.45) is 4.76. The number of nitrogens with zero attached hydrogens (tertiary/aromatic N) is 2.